The summed E-state index contributed by atoms with van der Waals surface area (Å²) >= 11 is 0. The van der Waals surface area contributed by atoms with Crippen molar-refractivity contribution in [1.82, 2.24) is 4.90 Å². The molecule has 2 nitrogen and oxygen atoms in total. The fraction of sp³-hybridized carbons (Fsp3) is 0.400. The Hall–Kier alpha value is -1.64. The first-order valence-corrected chi connectivity index (χ1v) is 8.26. The van der Waals surface area contributed by atoms with Gasteiger partial charge in [0.15, 0.2) is 0 Å². The number of benzene rings is 2. The lowest BCUT2D eigenvalue weighted by atomic mass is 10.1. The average Bonchev–Trinajstić information content (AvgIpc) is 2.55. The van der Waals surface area contributed by atoms with E-state index in [4.69, 9.17) is 0 Å². The topological polar surface area (TPSA) is 23.5 Å². The maximum atomic E-state index is 10.0. The third kappa shape index (κ3) is 6.00. The summed E-state index contributed by atoms with van der Waals surface area (Å²) in [6, 6.07) is 21.1. The van der Waals surface area contributed by atoms with Crippen LogP contribution in [0.25, 0.3) is 0 Å². The molecule has 0 aliphatic carbocycles. The van der Waals surface area contributed by atoms with Crippen LogP contribution in [-0.4, -0.2) is 22.7 Å². The first-order chi connectivity index (χ1) is 10.8. The first-order valence-electron chi connectivity index (χ1n) is 8.26. The van der Waals surface area contributed by atoms with Gasteiger partial charge in [0.05, 0.1) is 6.10 Å². The fourth-order valence-electron chi connectivity index (χ4n) is 2.71. The molecule has 0 saturated heterocycles. The van der Waals surface area contributed by atoms with E-state index < -0.39 is 0 Å². The monoisotopic (exact) mass is 297 g/mol. The van der Waals surface area contributed by atoms with Gasteiger partial charge < -0.3 is 5.11 Å². The summed E-state index contributed by atoms with van der Waals surface area (Å²) < 4.78 is 0. The second-order valence-electron chi connectivity index (χ2n) is 5.91. The lowest BCUT2D eigenvalue weighted by Gasteiger charge is -2.24. The summed E-state index contributed by atoms with van der Waals surface area (Å²) in [5.74, 6) is 0. The van der Waals surface area contributed by atoms with Crippen molar-refractivity contribution in [2.75, 3.05) is 6.54 Å². The van der Waals surface area contributed by atoms with E-state index in [1.807, 2.05) is 0 Å². The minimum Gasteiger partial charge on any atom is -0.393 e. The molecule has 0 aliphatic heterocycles. The SMILES string of the molecule is CCCC(O)CCN(Cc1ccccc1)Cc1ccccc1. The van der Waals surface area contributed by atoms with Gasteiger partial charge in [-0.2, -0.15) is 0 Å². The van der Waals surface area contributed by atoms with Crippen LogP contribution in [0, 0.1) is 0 Å². The van der Waals surface area contributed by atoms with Gasteiger partial charge >= 0.3 is 0 Å². The smallest absolute Gasteiger partial charge is 0.0552 e. The van der Waals surface area contributed by atoms with Crippen LogP contribution in [0.3, 0.4) is 0 Å². The lowest BCUT2D eigenvalue weighted by molar-refractivity contribution is 0.127. The van der Waals surface area contributed by atoms with Gasteiger partial charge in [0.1, 0.15) is 0 Å². The van der Waals surface area contributed by atoms with Gasteiger partial charge in [-0.05, 0) is 24.0 Å². The summed E-state index contributed by atoms with van der Waals surface area (Å²) in [4.78, 5) is 2.42. The molecule has 0 aliphatic rings. The molecule has 2 heteroatoms. The molecule has 2 aromatic rings. The van der Waals surface area contributed by atoms with E-state index in [2.05, 4.69) is 72.5 Å². The Labute approximate surface area is 134 Å². The van der Waals surface area contributed by atoms with E-state index in [0.717, 1.165) is 38.9 Å². The summed E-state index contributed by atoms with van der Waals surface area (Å²) in [7, 11) is 0. The molecule has 0 bridgehead atoms. The van der Waals surface area contributed by atoms with Crippen molar-refractivity contribution in [3.05, 3.63) is 71.8 Å². The Morgan fingerprint density at radius 1 is 0.818 bits per heavy atom. The second kappa shape index (κ2) is 9.39. The van der Waals surface area contributed by atoms with Gasteiger partial charge in [0.25, 0.3) is 0 Å². The highest BCUT2D eigenvalue weighted by molar-refractivity contribution is 5.17. The molecule has 22 heavy (non-hydrogen) atoms. The Morgan fingerprint density at radius 3 is 1.77 bits per heavy atom. The molecule has 0 spiro atoms. The van der Waals surface area contributed by atoms with Gasteiger partial charge in [0.2, 0.25) is 0 Å². The molecule has 1 unspecified atom stereocenters. The number of hydrogen-bond donors (Lipinski definition) is 1. The summed E-state index contributed by atoms with van der Waals surface area (Å²) in [6.45, 7) is 4.89. The molecule has 1 N–H and O–H groups in total. The zero-order chi connectivity index (χ0) is 15.6. The zero-order valence-corrected chi connectivity index (χ0v) is 13.5. The number of nitrogens with zero attached hydrogens (tertiary/aromatic N) is 1. The highest BCUT2D eigenvalue weighted by atomic mass is 16.3. The first kappa shape index (κ1) is 16.7. The number of aliphatic hydroxyl groups is 1. The highest BCUT2D eigenvalue weighted by Gasteiger charge is 2.10. The molecule has 0 aromatic heterocycles. The molecule has 0 radical (unpaired) electrons. The molecular formula is C20H27NO. The minimum atomic E-state index is -0.181. The maximum absolute atomic E-state index is 10.0. The maximum Gasteiger partial charge on any atom is 0.0552 e. The van der Waals surface area contributed by atoms with Crippen molar-refractivity contribution in [2.24, 2.45) is 0 Å². The number of rotatable bonds is 9. The number of aliphatic hydroxyl groups excluding tert-OH is 1. The molecule has 2 aromatic carbocycles. The van der Waals surface area contributed by atoms with Gasteiger partial charge in [-0.15, -0.1) is 0 Å². The van der Waals surface area contributed by atoms with Gasteiger partial charge in [-0.3, -0.25) is 4.90 Å². The van der Waals surface area contributed by atoms with Crippen LogP contribution in [-0.2, 0) is 13.1 Å². The highest BCUT2D eigenvalue weighted by Crippen LogP contribution is 2.12. The molecule has 0 heterocycles. The van der Waals surface area contributed by atoms with Crippen LogP contribution in [0.4, 0.5) is 0 Å². The molecule has 0 fully saturated rings. The van der Waals surface area contributed by atoms with Gasteiger partial charge in [-0.25, -0.2) is 0 Å². The van der Waals surface area contributed by atoms with Gasteiger partial charge in [0, 0.05) is 19.6 Å². The van der Waals surface area contributed by atoms with Crippen LogP contribution >= 0.6 is 0 Å². The molecule has 2 rings (SSSR count). The average molecular weight is 297 g/mol. The summed E-state index contributed by atoms with van der Waals surface area (Å²) in [5, 5.41) is 10.0. The largest absolute Gasteiger partial charge is 0.393 e. The van der Waals surface area contributed by atoms with E-state index >= 15 is 0 Å². The van der Waals surface area contributed by atoms with E-state index in [9.17, 15) is 5.11 Å². The van der Waals surface area contributed by atoms with E-state index in [-0.39, 0.29) is 6.10 Å². The van der Waals surface area contributed by atoms with Crippen molar-refractivity contribution in [1.29, 1.82) is 0 Å². The Morgan fingerprint density at radius 2 is 1.32 bits per heavy atom. The molecular weight excluding hydrogens is 270 g/mol. The number of hydrogen-bond acceptors (Lipinski definition) is 2. The zero-order valence-electron chi connectivity index (χ0n) is 13.5. The van der Waals surface area contributed by atoms with E-state index in [0.29, 0.717) is 0 Å². The molecule has 118 valence electrons. The lowest BCUT2D eigenvalue weighted by Crippen LogP contribution is -2.26. The molecule has 0 amide bonds. The Kier molecular flexibility index (Phi) is 7.14. The second-order valence-corrected chi connectivity index (χ2v) is 5.91. The predicted octanol–water partition coefficient (Wildman–Crippen LogP) is 4.24. The van der Waals surface area contributed by atoms with E-state index in [1.165, 1.54) is 11.1 Å². The summed E-state index contributed by atoms with van der Waals surface area (Å²) in [5.41, 5.74) is 2.65. The van der Waals surface area contributed by atoms with Gasteiger partial charge in [-0.1, -0.05) is 74.0 Å². The van der Waals surface area contributed by atoms with Crippen molar-refractivity contribution in [2.45, 2.75) is 45.4 Å². The Bertz CT molecular complexity index is 470. The standard InChI is InChI=1S/C20H27NO/c1-2-9-20(22)14-15-21(16-18-10-5-3-6-11-18)17-19-12-7-4-8-13-19/h3-8,10-13,20,22H,2,9,14-17H2,1H3. The summed E-state index contributed by atoms with van der Waals surface area (Å²) in [6.07, 6.45) is 2.59. The minimum absolute atomic E-state index is 0.181. The van der Waals surface area contributed by atoms with Crippen LogP contribution in [0.15, 0.2) is 60.7 Å². The van der Waals surface area contributed by atoms with Crippen LogP contribution in [0.5, 0.6) is 0 Å². The fourth-order valence-corrected chi connectivity index (χ4v) is 2.71. The quantitative estimate of drug-likeness (QED) is 0.748. The van der Waals surface area contributed by atoms with Crippen molar-refractivity contribution >= 4 is 0 Å². The molecule has 1 atom stereocenters. The Balaban J connectivity index is 1.97. The van der Waals surface area contributed by atoms with Crippen molar-refractivity contribution in [3.8, 4) is 0 Å². The normalized spacial score (nSPS) is 12.5. The van der Waals surface area contributed by atoms with Crippen LogP contribution < -0.4 is 0 Å². The predicted molar refractivity (Wildman–Crippen MR) is 92.5 cm³/mol. The van der Waals surface area contributed by atoms with Crippen LogP contribution in [0.2, 0.25) is 0 Å². The van der Waals surface area contributed by atoms with Crippen LogP contribution in [0.1, 0.15) is 37.3 Å². The molecule has 0 saturated carbocycles. The van der Waals surface area contributed by atoms with E-state index in [1.54, 1.807) is 0 Å². The third-order valence-electron chi connectivity index (χ3n) is 3.90. The third-order valence-corrected chi connectivity index (χ3v) is 3.90. The van der Waals surface area contributed by atoms with Crippen molar-refractivity contribution in [3.63, 3.8) is 0 Å². The van der Waals surface area contributed by atoms with Crippen molar-refractivity contribution < 1.29 is 5.11 Å².